The van der Waals surface area contributed by atoms with E-state index < -0.39 is 0 Å². The molecule has 16 heavy (non-hydrogen) atoms. The van der Waals surface area contributed by atoms with Gasteiger partial charge in [0.1, 0.15) is 0 Å². The van der Waals surface area contributed by atoms with Crippen molar-refractivity contribution in [2.75, 3.05) is 0 Å². The average Bonchev–Trinajstić information content (AvgIpc) is 2.66. The van der Waals surface area contributed by atoms with Crippen molar-refractivity contribution >= 4 is 5.69 Å². The van der Waals surface area contributed by atoms with Crippen LogP contribution in [0.4, 0.5) is 5.69 Å². The third kappa shape index (κ3) is 1.21. The van der Waals surface area contributed by atoms with Gasteiger partial charge in [0.15, 0.2) is 0 Å². The molecule has 0 aliphatic heterocycles. The highest BCUT2D eigenvalue weighted by Gasteiger charge is 2.19. The van der Waals surface area contributed by atoms with E-state index in [1.54, 1.807) is 12.1 Å². The summed E-state index contributed by atoms with van der Waals surface area (Å²) in [5.74, 6) is 0. The lowest BCUT2D eigenvalue weighted by Gasteiger charge is -2.01. The molecule has 0 atom stereocenters. The topological polar surface area (TPSA) is 49.9 Å². The van der Waals surface area contributed by atoms with Gasteiger partial charge >= 0.3 is 0 Å². The maximum absolute atomic E-state index is 10.9. The summed E-state index contributed by atoms with van der Waals surface area (Å²) in [5, 5.41) is 10.9. The zero-order valence-electron chi connectivity index (χ0n) is 8.60. The maximum atomic E-state index is 10.9. The number of nitrogens with one attached hydrogen (secondary N) is 1. The lowest BCUT2D eigenvalue weighted by molar-refractivity contribution is -0.465. The molecule has 0 spiro atoms. The summed E-state index contributed by atoms with van der Waals surface area (Å²) in [6.45, 7) is 0. The summed E-state index contributed by atoms with van der Waals surface area (Å²) in [5.41, 5.74) is 12.3. The van der Waals surface area contributed by atoms with Crippen LogP contribution in [0, 0.1) is 10.7 Å². The Kier molecular flexibility index (Phi) is 1.80. The maximum Gasteiger partial charge on any atom is 0.244 e. The Hall–Kier alpha value is -2.16. The Bertz CT molecular complexity index is 590. The fraction of sp³-hybridized carbons (Fsp3) is 0.0769. The molecular formula is C13H10N2O. The van der Waals surface area contributed by atoms with Crippen molar-refractivity contribution in [1.82, 2.24) is 0 Å². The summed E-state index contributed by atoms with van der Waals surface area (Å²) in [6, 6.07) is 13.7. The molecule has 0 radical (unpaired) electrons. The molecule has 2 aromatic rings. The fourth-order valence-electron chi connectivity index (χ4n) is 2.26. The molecule has 0 saturated heterocycles. The molecule has 78 valence electrons. The summed E-state index contributed by atoms with van der Waals surface area (Å²) in [4.78, 5) is 0.156. The average molecular weight is 210 g/mol. The molecule has 0 fully saturated rings. The molecule has 3 rings (SSSR count). The predicted octanol–water partition coefficient (Wildman–Crippen LogP) is 3.43. The van der Waals surface area contributed by atoms with E-state index in [1.165, 1.54) is 16.7 Å². The normalized spacial score (nSPS) is 12.0. The van der Waals surface area contributed by atoms with Crippen LogP contribution in [0.25, 0.3) is 11.1 Å². The van der Waals surface area contributed by atoms with Gasteiger partial charge in [-0.1, -0.05) is 29.1 Å². The minimum atomic E-state index is 0.156. The van der Waals surface area contributed by atoms with Gasteiger partial charge in [-0.3, -0.25) is 0 Å². The van der Waals surface area contributed by atoms with E-state index in [0.717, 1.165) is 12.0 Å². The number of hydrogen-bond acceptors (Lipinski definition) is 2. The minimum Gasteiger partial charge on any atom is -0.594 e. The third-order valence-corrected chi connectivity index (χ3v) is 3.01. The van der Waals surface area contributed by atoms with Crippen LogP contribution in [0.1, 0.15) is 11.1 Å². The van der Waals surface area contributed by atoms with Gasteiger partial charge in [0.2, 0.25) is 5.69 Å². The fourth-order valence-corrected chi connectivity index (χ4v) is 2.26. The van der Waals surface area contributed by atoms with Crippen LogP contribution in [0.3, 0.4) is 0 Å². The molecule has 3 nitrogen and oxygen atoms in total. The Morgan fingerprint density at radius 1 is 1.00 bits per heavy atom. The highest BCUT2D eigenvalue weighted by molar-refractivity contribution is 5.77. The largest absolute Gasteiger partial charge is 0.594 e. The third-order valence-electron chi connectivity index (χ3n) is 3.01. The van der Waals surface area contributed by atoms with Gasteiger partial charge in [-0.15, -0.1) is 0 Å². The van der Waals surface area contributed by atoms with Crippen molar-refractivity contribution in [1.29, 1.82) is 5.53 Å². The number of hydrogen-bond donors (Lipinski definition) is 1. The number of rotatable bonds is 1. The second-order valence-corrected chi connectivity index (χ2v) is 3.97. The molecule has 1 N–H and O–H groups in total. The first-order valence-corrected chi connectivity index (χ1v) is 5.15. The molecule has 0 aromatic heterocycles. The van der Waals surface area contributed by atoms with Gasteiger partial charge in [0.25, 0.3) is 0 Å². The van der Waals surface area contributed by atoms with E-state index in [9.17, 15) is 5.21 Å². The summed E-state index contributed by atoms with van der Waals surface area (Å²) in [6.07, 6.45) is 0.854. The summed E-state index contributed by atoms with van der Waals surface area (Å²) < 4.78 is 0. The van der Waals surface area contributed by atoms with Crippen molar-refractivity contribution in [2.24, 2.45) is 0 Å². The van der Waals surface area contributed by atoms with Crippen LogP contribution >= 0.6 is 0 Å². The van der Waals surface area contributed by atoms with E-state index in [4.69, 9.17) is 5.53 Å². The lowest BCUT2D eigenvalue weighted by atomic mass is 10.1. The molecule has 1 aliphatic rings. The molecule has 0 heterocycles. The second-order valence-electron chi connectivity index (χ2n) is 3.97. The van der Waals surface area contributed by atoms with E-state index in [-0.39, 0.29) is 4.86 Å². The molecule has 3 heteroatoms. The van der Waals surface area contributed by atoms with Crippen molar-refractivity contribution in [3.63, 3.8) is 0 Å². The first kappa shape index (κ1) is 9.09. The van der Waals surface area contributed by atoms with E-state index in [2.05, 4.69) is 12.1 Å². The van der Waals surface area contributed by atoms with Crippen LogP contribution in [0.5, 0.6) is 0 Å². The molecule has 2 aromatic carbocycles. The molecule has 0 bridgehead atoms. The summed E-state index contributed by atoms with van der Waals surface area (Å²) in [7, 11) is 0. The van der Waals surface area contributed by atoms with Crippen LogP contribution < -0.4 is 0 Å². The first-order valence-electron chi connectivity index (χ1n) is 5.15. The summed E-state index contributed by atoms with van der Waals surface area (Å²) >= 11 is 0. The second kappa shape index (κ2) is 3.17. The standard InChI is InChI=1S/C13H10N2O/c14-15(16)11-5-6-13-10(8-11)7-9-3-1-2-4-12(9)13/h1-6,8,14H,7H2. The number of benzene rings is 2. The highest BCUT2D eigenvalue weighted by atomic mass is 16.5. The molecule has 1 aliphatic carbocycles. The van der Waals surface area contributed by atoms with E-state index in [1.807, 2.05) is 18.2 Å². The Morgan fingerprint density at radius 3 is 2.56 bits per heavy atom. The lowest BCUT2D eigenvalue weighted by Crippen LogP contribution is -1.89. The minimum absolute atomic E-state index is 0.156. The molecule has 0 unspecified atom stereocenters. The smallest absolute Gasteiger partial charge is 0.244 e. The van der Waals surface area contributed by atoms with E-state index in [0.29, 0.717) is 5.69 Å². The van der Waals surface area contributed by atoms with Gasteiger partial charge in [-0.05, 0) is 40.3 Å². The molecule has 0 amide bonds. The quantitative estimate of drug-likeness (QED) is 0.373. The van der Waals surface area contributed by atoms with Crippen molar-refractivity contribution in [3.05, 3.63) is 58.8 Å². The molecule has 0 saturated carbocycles. The Balaban J connectivity index is 2.18. The number of nitrogens with zero attached hydrogens (tertiary/aromatic N) is 1. The highest BCUT2D eigenvalue weighted by Crippen LogP contribution is 2.37. The van der Waals surface area contributed by atoms with Crippen LogP contribution in [-0.4, -0.2) is 4.86 Å². The molecular weight excluding hydrogens is 200 g/mol. The number of fused-ring (bicyclic) bond motifs is 3. The van der Waals surface area contributed by atoms with Gasteiger partial charge in [-0.25, -0.2) is 0 Å². The van der Waals surface area contributed by atoms with Crippen molar-refractivity contribution in [3.8, 4) is 11.1 Å². The first-order chi connectivity index (χ1) is 7.75. The Labute approximate surface area is 93.0 Å². The van der Waals surface area contributed by atoms with Gasteiger partial charge in [0.05, 0.1) is 0 Å². The zero-order valence-corrected chi connectivity index (χ0v) is 8.60. The Morgan fingerprint density at radius 2 is 1.75 bits per heavy atom. The van der Waals surface area contributed by atoms with Crippen LogP contribution in [-0.2, 0) is 6.42 Å². The van der Waals surface area contributed by atoms with Crippen LogP contribution in [0.15, 0.2) is 42.5 Å². The monoisotopic (exact) mass is 210 g/mol. The van der Waals surface area contributed by atoms with Crippen molar-refractivity contribution < 1.29 is 4.86 Å². The van der Waals surface area contributed by atoms with Crippen molar-refractivity contribution in [2.45, 2.75) is 6.42 Å². The van der Waals surface area contributed by atoms with Gasteiger partial charge in [0, 0.05) is 12.1 Å². The SMILES string of the molecule is N=[N+]([O-])c1ccc2c(c1)Cc1ccccc1-2. The van der Waals surface area contributed by atoms with Gasteiger partial charge < -0.3 is 5.21 Å². The van der Waals surface area contributed by atoms with Crippen LogP contribution in [0.2, 0.25) is 0 Å². The van der Waals surface area contributed by atoms with E-state index >= 15 is 0 Å². The predicted molar refractivity (Wildman–Crippen MR) is 60.7 cm³/mol. The van der Waals surface area contributed by atoms with Gasteiger partial charge in [-0.2, -0.15) is 0 Å². The zero-order chi connectivity index (χ0) is 11.1.